The van der Waals surface area contributed by atoms with Crippen molar-refractivity contribution in [2.24, 2.45) is 9.98 Å². The number of esters is 1. The van der Waals surface area contributed by atoms with Gasteiger partial charge in [0.05, 0.1) is 36.7 Å². The number of rotatable bonds is 6. The lowest BCUT2D eigenvalue weighted by Crippen LogP contribution is -2.38. The lowest BCUT2D eigenvalue weighted by atomic mass is 9.95. The van der Waals surface area contributed by atoms with Crippen molar-refractivity contribution < 1.29 is 18.3 Å². The molecule has 3 aromatic carbocycles. The summed E-state index contributed by atoms with van der Waals surface area (Å²) in [6.07, 6.45) is 1.68. The molecule has 2 N–H and O–H groups in total. The summed E-state index contributed by atoms with van der Waals surface area (Å²) in [7, 11) is 0. The van der Waals surface area contributed by atoms with Crippen LogP contribution in [0.25, 0.3) is 11.3 Å². The molecule has 0 saturated carbocycles. The Morgan fingerprint density at radius 1 is 1.07 bits per heavy atom. The van der Waals surface area contributed by atoms with Crippen LogP contribution >= 0.6 is 22.6 Å². The largest absolute Gasteiger partial charge is 0.464 e. The van der Waals surface area contributed by atoms with Crippen LogP contribution in [-0.2, 0) is 16.1 Å². The molecular weight excluding hydrogens is 641 g/mol. The summed E-state index contributed by atoms with van der Waals surface area (Å²) in [5.41, 5.74) is 4.34. The van der Waals surface area contributed by atoms with Crippen molar-refractivity contribution in [2.45, 2.75) is 19.5 Å². The zero-order valence-electron chi connectivity index (χ0n) is 21.8. The highest BCUT2D eigenvalue weighted by Gasteiger charge is 2.27. The lowest BCUT2D eigenvalue weighted by molar-refractivity contribution is -0.144. The number of halogens is 3. The highest BCUT2D eigenvalue weighted by atomic mass is 127. The number of ether oxygens (including phenoxy) is 1. The van der Waals surface area contributed by atoms with E-state index in [2.05, 4.69) is 48.2 Å². The predicted molar refractivity (Wildman–Crippen MR) is 161 cm³/mol. The Hall–Kier alpha value is -4.26. The van der Waals surface area contributed by atoms with Crippen LogP contribution in [0.5, 0.6) is 0 Å². The van der Waals surface area contributed by atoms with Crippen LogP contribution < -0.4 is 10.6 Å². The Morgan fingerprint density at radius 2 is 1.85 bits per heavy atom. The van der Waals surface area contributed by atoms with Gasteiger partial charge in [0.25, 0.3) is 0 Å². The third kappa shape index (κ3) is 5.41. The number of hydrogen-bond donors (Lipinski definition) is 2. The summed E-state index contributed by atoms with van der Waals surface area (Å²) < 4.78 is 35.6. The second-order valence-electron chi connectivity index (χ2n) is 9.36. The number of anilines is 2. The highest BCUT2D eigenvalue weighted by molar-refractivity contribution is 14.1. The molecule has 1 unspecified atom stereocenters. The van der Waals surface area contributed by atoms with Gasteiger partial charge in [-0.1, -0.05) is 12.1 Å². The average molecular weight is 664 g/mol. The number of benzene rings is 3. The van der Waals surface area contributed by atoms with E-state index in [0.717, 1.165) is 20.4 Å². The second-order valence-corrected chi connectivity index (χ2v) is 10.6. The van der Waals surface area contributed by atoms with Gasteiger partial charge < -0.3 is 15.4 Å². The topological polar surface area (TPSA) is 101 Å². The fraction of sp³-hybridized carbons (Fsp3) is 0.167. The van der Waals surface area contributed by atoms with E-state index in [1.54, 1.807) is 13.1 Å². The molecule has 3 heterocycles. The Bertz CT molecular complexity index is 1700. The van der Waals surface area contributed by atoms with E-state index in [1.165, 1.54) is 18.2 Å². The third-order valence-corrected chi connectivity index (χ3v) is 7.36. The normalized spacial score (nSPS) is 15.6. The Morgan fingerprint density at radius 3 is 2.61 bits per heavy atom. The van der Waals surface area contributed by atoms with E-state index in [0.29, 0.717) is 41.8 Å². The maximum Gasteiger partial charge on any atom is 0.330 e. The summed E-state index contributed by atoms with van der Waals surface area (Å²) in [4.78, 5) is 30.3. The van der Waals surface area contributed by atoms with Gasteiger partial charge >= 0.3 is 5.97 Å². The number of fused-ring (bicyclic) bond motifs is 3. The molecule has 4 aromatic rings. The SMILES string of the molecule is CCOC(=O)C1CN=C(c2ccc(Nc3ncc4c(n3)-c3ccc(I)cc3C(c3c(F)cccc3F)=NC4)cc2)N1. The number of hydrogen-bond acceptors (Lipinski definition) is 8. The third-order valence-electron chi connectivity index (χ3n) is 6.69. The van der Waals surface area contributed by atoms with Crippen LogP contribution in [-0.4, -0.2) is 46.7 Å². The van der Waals surface area contributed by atoms with E-state index in [-0.39, 0.29) is 23.8 Å². The maximum atomic E-state index is 14.8. The number of carbonyl (C=O) groups excluding carboxylic acids is 1. The molecule has 0 bridgehead atoms. The zero-order chi connectivity index (χ0) is 28.5. The Labute approximate surface area is 248 Å². The molecule has 0 saturated heterocycles. The van der Waals surface area contributed by atoms with Gasteiger partial charge in [-0.25, -0.2) is 23.5 Å². The van der Waals surface area contributed by atoms with Gasteiger partial charge in [0.15, 0.2) is 0 Å². The number of amidine groups is 1. The van der Waals surface area contributed by atoms with Gasteiger partial charge in [0.1, 0.15) is 23.5 Å². The quantitative estimate of drug-likeness (QED) is 0.212. The molecule has 11 heteroatoms. The molecule has 0 amide bonds. The van der Waals surface area contributed by atoms with Crippen LogP contribution in [0.1, 0.15) is 29.2 Å². The van der Waals surface area contributed by atoms with Gasteiger partial charge in [0.2, 0.25) is 5.95 Å². The Balaban J connectivity index is 1.27. The molecule has 8 nitrogen and oxygen atoms in total. The van der Waals surface area contributed by atoms with Crippen LogP contribution in [0, 0.1) is 15.2 Å². The molecule has 2 aliphatic heterocycles. The monoisotopic (exact) mass is 664 g/mol. The van der Waals surface area contributed by atoms with Crippen LogP contribution in [0.15, 0.2) is 76.8 Å². The summed E-state index contributed by atoms with van der Waals surface area (Å²) in [6, 6.07) is 16.5. The number of nitrogens with one attached hydrogen (secondary N) is 2. The minimum absolute atomic E-state index is 0.162. The molecular formula is C30H23F2IN6O2. The van der Waals surface area contributed by atoms with E-state index >= 15 is 0 Å². The summed E-state index contributed by atoms with van der Waals surface area (Å²) >= 11 is 2.17. The number of aliphatic imine (C=N–C) groups is 2. The molecule has 1 aromatic heterocycles. The van der Waals surface area contributed by atoms with Crippen molar-refractivity contribution in [2.75, 3.05) is 18.5 Å². The molecule has 206 valence electrons. The van der Waals surface area contributed by atoms with Crippen LogP contribution in [0.3, 0.4) is 0 Å². The molecule has 0 spiro atoms. The summed E-state index contributed by atoms with van der Waals surface area (Å²) in [5.74, 6) is -0.680. The Kier molecular flexibility index (Phi) is 7.43. The summed E-state index contributed by atoms with van der Waals surface area (Å²) in [6.45, 7) is 2.58. The molecule has 6 rings (SSSR count). The first kappa shape index (κ1) is 26.9. The standard InChI is InChI=1S/C30H23F2IN6O2/c1-2-41-29(40)24-15-35-28(38-24)16-6-9-19(10-7-16)37-30-36-14-17-13-34-27(25-22(31)4-3-5-23(25)32)21-12-18(33)8-11-20(21)26(17)39-30/h3-12,14,24H,2,13,15H2,1H3,(H,35,38)(H,36,37,39). The van der Waals surface area contributed by atoms with Gasteiger partial charge in [0, 0.05) is 37.7 Å². The molecule has 0 radical (unpaired) electrons. The van der Waals surface area contributed by atoms with Crippen molar-refractivity contribution in [1.29, 1.82) is 0 Å². The van der Waals surface area contributed by atoms with Gasteiger partial charge in [-0.2, -0.15) is 0 Å². The second kappa shape index (κ2) is 11.3. The molecule has 0 fully saturated rings. The van der Waals surface area contributed by atoms with Crippen LogP contribution in [0.2, 0.25) is 0 Å². The maximum absolute atomic E-state index is 14.8. The molecule has 0 aliphatic carbocycles. The number of carbonyl (C=O) groups is 1. The molecule has 2 aliphatic rings. The van der Waals surface area contributed by atoms with Crippen molar-refractivity contribution in [3.05, 3.63) is 104 Å². The fourth-order valence-electron chi connectivity index (χ4n) is 4.75. The van der Waals surface area contributed by atoms with E-state index in [1.807, 2.05) is 42.5 Å². The minimum atomic E-state index is -0.674. The van der Waals surface area contributed by atoms with Crippen molar-refractivity contribution in [1.82, 2.24) is 15.3 Å². The van der Waals surface area contributed by atoms with Crippen molar-refractivity contribution >= 4 is 51.7 Å². The van der Waals surface area contributed by atoms with Gasteiger partial charge in [-0.3, -0.25) is 9.98 Å². The number of nitrogens with zero attached hydrogens (tertiary/aromatic N) is 4. The minimum Gasteiger partial charge on any atom is -0.464 e. The smallest absolute Gasteiger partial charge is 0.330 e. The first-order valence-electron chi connectivity index (χ1n) is 12.9. The van der Waals surface area contributed by atoms with Crippen molar-refractivity contribution in [3.8, 4) is 11.3 Å². The zero-order valence-corrected chi connectivity index (χ0v) is 23.9. The van der Waals surface area contributed by atoms with Gasteiger partial charge in [-0.15, -0.1) is 0 Å². The fourth-order valence-corrected chi connectivity index (χ4v) is 5.24. The number of aromatic nitrogens is 2. The molecule has 1 atom stereocenters. The van der Waals surface area contributed by atoms with Crippen molar-refractivity contribution in [3.63, 3.8) is 0 Å². The highest BCUT2D eigenvalue weighted by Crippen LogP contribution is 2.34. The first-order valence-corrected chi connectivity index (χ1v) is 14.0. The van der Waals surface area contributed by atoms with Gasteiger partial charge in [-0.05, 0) is 78.0 Å². The molecule has 41 heavy (non-hydrogen) atoms. The van der Waals surface area contributed by atoms with E-state index < -0.39 is 17.7 Å². The van der Waals surface area contributed by atoms with Crippen LogP contribution in [0.4, 0.5) is 20.4 Å². The van der Waals surface area contributed by atoms with E-state index in [4.69, 9.17) is 9.72 Å². The van der Waals surface area contributed by atoms with E-state index in [9.17, 15) is 13.6 Å². The first-order chi connectivity index (χ1) is 19.9. The average Bonchev–Trinajstić information content (AvgIpc) is 3.41. The predicted octanol–water partition coefficient (Wildman–Crippen LogP) is 5.40. The summed E-state index contributed by atoms with van der Waals surface area (Å²) in [5, 5.41) is 6.33. The lowest BCUT2D eigenvalue weighted by Gasteiger charge is -2.14.